The van der Waals surface area contributed by atoms with Crippen molar-refractivity contribution in [2.45, 2.75) is 26.4 Å². The topological polar surface area (TPSA) is 65.7 Å². The summed E-state index contributed by atoms with van der Waals surface area (Å²) in [6, 6.07) is 16.3. The van der Waals surface area contributed by atoms with E-state index >= 15 is 0 Å². The van der Waals surface area contributed by atoms with E-state index in [2.05, 4.69) is 0 Å². The van der Waals surface area contributed by atoms with E-state index in [1.165, 1.54) is 6.07 Å². The molecule has 0 bridgehead atoms. The molecule has 1 heterocycles. The highest BCUT2D eigenvalue weighted by molar-refractivity contribution is 5.93. The third kappa shape index (κ3) is 3.94. The fourth-order valence-electron chi connectivity index (χ4n) is 2.65. The van der Waals surface area contributed by atoms with Gasteiger partial charge in [0.25, 0.3) is 0 Å². The van der Waals surface area contributed by atoms with Crippen LogP contribution in [-0.2, 0) is 9.53 Å². The van der Waals surface area contributed by atoms with Crippen LogP contribution in [0, 0.1) is 0 Å². The monoisotopic (exact) mass is 352 g/mol. The first kappa shape index (κ1) is 17.7. The lowest BCUT2D eigenvalue weighted by molar-refractivity contribution is -0.151. The maximum absolute atomic E-state index is 12.0. The van der Waals surface area contributed by atoms with Crippen LogP contribution in [-0.4, -0.2) is 18.7 Å². The molecule has 2 aromatic carbocycles. The van der Waals surface area contributed by atoms with Gasteiger partial charge < -0.3 is 13.9 Å². The minimum absolute atomic E-state index is 0.361. The molecule has 26 heavy (non-hydrogen) atoms. The molecule has 3 rings (SSSR count). The van der Waals surface area contributed by atoms with Crippen molar-refractivity contribution >= 4 is 16.9 Å². The fourth-order valence-corrected chi connectivity index (χ4v) is 2.65. The van der Waals surface area contributed by atoms with Gasteiger partial charge >= 0.3 is 11.6 Å². The Morgan fingerprint density at radius 2 is 1.88 bits per heavy atom. The number of ether oxygens (including phenoxy) is 2. The van der Waals surface area contributed by atoms with Crippen molar-refractivity contribution in [2.24, 2.45) is 0 Å². The van der Waals surface area contributed by atoms with Crippen molar-refractivity contribution in [2.75, 3.05) is 6.61 Å². The number of carbonyl (C=O) groups is 1. The summed E-state index contributed by atoms with van der Waals surface area (Å²) < 4.78 is 16.0. The zero-order valence-corrected chi connectivity index (χ0v) is 14.7. The van der Waals surface area contributed by atoms with Gasteiger partial charge in [0, 0.05) is 17.5 Å². The first-order chi connectivity index (χ1) is 12.6. The molecule has 0 spiro atoms. The molecule has 0 fully saturated rings. The number of fused-ring (bicyclic) bond motifs is 1. The maximum atomic E-state index is 12.0. The molecule has 0 unspecified atom stereocenters. The summed E-state index contributed by atoms with van der Waals surface area (Å²) in [5, 5.41) is 0.796. The van der Waals surface area contributed by atoms with Crippen LogP contribution in [0.3, 0.4) is 0 Å². The lowest BCUT2D eigenvalue weighted by Gasteiger charge is -2.14. The highest BCUT2D eigenvalue weighted by Gasteiger charge is 2.17. The molecule has 3 aromatic rings. The highest BCUT2D eigenvalue weighted by Crippen LogP contribution is 2.29. The van der Waals surface area contributed by atoms with Crippen LogP contribution in [0.1, 0.15) is 20.3 Å². The average molecular weight is 352 g/mol. The molecule has 0 amide bonds. The van der Waals surface area contributed by atoms with E-state index in [0.29, 0.717) is 17.9 Å². The van der Waals surface area contributed by atoms with Crippen LogP contribution in [0.5, 0.6) is 5.75 Å². The van der Waals surface area contributed by atoms with Crippen LogP contribution in [0.25, 0.3) is 22.1 Å². The second-order valence-electron chi connectivity index (χ2n) is 5.93. The molecule has 5 nitrogen and oxygen atoms in total. The molecule has 1 atom stereocenters. The van der Waals surface area contributed by atoms with Crippen LogP contribution in [0.15, 0.2) is 63.8 Å². The lowest BCUT2D eigenvalue weighted by Crippen LogP contribution is -2.26. The van der Waals surface area contributed by atoms with E-state index in [0.717, 1.165) is 22.9 Å². The molecular formula is C21H20O5. The first-order valence-corrected chi connectivity index (χ1v) is 8.55. The molecule has 1 aromatic heterocycles. The summed E-state index contributed by atoms with van der Waals surface area (Å²) in [4.78, 5) is 23.8. The maximum Gasteiger partial charge on any atom is 0.347 e. The Morgan fingerprint density at radius 1 is 1.12 bits per heavy atom. The summed E-state index contributed by atoms with van der Waals surface area (Å²) in [6.45, 7) is 3.91. The number of carbonyl (C=O) groups excluding carboxylic acids is 1. The summed E-state index contributed by atoms with van der Waals surface area (Å²) in [6.07, 6.45) is 0.00464. The SMILES string of the molecule is CCCOC(=O)[C@H](C)Oc1ccc2c(-c3ccccc3)cc(=O)oc2c1. The van der Waals surface area contributed by atoms with Gasteiger partial charge in [-0.2, -0.15) is 0 Å². The minimum atomic E-state index is -0.747. The minimum Gasteiger partial charge on any atom is -0.479 e. The van der Waals surface area contributed by atoms with Crippen LogP contribution >= 0.6 is 0 Å². The third-order valence-electron chi connectivity index (χ3n) is 3.89. The van der Waals surface area contributed by atoms with Crippen molar-refractivity contribution in [1.29, 1.82) is 0 Å². The van der Waals surface area contributed by atoms with Crippen molar-refractivity contribution in [1.82, 2.24) is 0 Å². The molecule has 5 heteroatoms. The molecule has 134 valence electrons. The van der Waals surface area contributed by atoms with Gasteiger partial charge in [-0.15, -0.1) is 0 Å². The Hall–Kier alpha value is -3.08. The molecule has 0 saturated carbocycles. The van der Waals surface area contributed by atoms with Crippen LogP contribution < -0.4 is 10.4 Å². The normalized spacial score (nSPS) is 11.9. The summed E-state index contributed by atoms with van der Waals surface area (Å²) >= 11 is 0. The zero-order chi connectivity index (χ0) is 18.5. The predicted octanol–water partition coefficient (Wildman–Crippen LogP) is 4.18. The van der Waals surface area contributed by atoms with Gasteiger partial charge in [-0.1, -0.05) is 37.3 Å². The molecule has 0 aliphatic heterocycles. The van der Waals surface area contributed by atoms with E-state index < -0.39 is 17.7 Å². The first-order valence-electron chi connectivity index (χ1n) is 8.55. The Kier molecular flexibility index (Phi) is 5.37. The second-order valence-corrected chi connectivity index (χ2v) is 5.93. The number of hydrogen-bond acceptors (Lipinski definition) is 5. The molecule has 0 aliphatic rings. The third-order valence-corrected chi connectivity index (χ3v) is 3.89. The average Bonchev–Trinajstić information content (AvgIpc) is 2.65. The Morgan fingerprint density at radius 3 is 2.62 bits per heavy atom. The van der Waals surface area contributed by atoms with E-state index in [1.54, 1.807) is 19.1 Å². The molecular weight excluding hydrogens is 332 g/mol. The van der Waals surface area contributed by atoms with E-state index in [-0.39, 0.29) is 0 Å². The Labute approximate surface area is 151 Å². The van der Waals surface area contributed by atoms with Crippen molar-refractivity contribution in [3.63, 3.8) is 0 Å². The number of rotatable bonds is 6. The summed E-state index contributed by atoms with van der Waals surface area (Å²) in [7, 11) is 0. The lowest BCUT2D eigenvalue weighted by atomic mass is 10.0. The summed E-state index contributed by atoms with van der Waals surface area (Å²) in [5.74, 6) is 0.0123. The summed E-state index contributed by atoms with van der Waals surface area (Å²) in [5.41, 5.74) is 1.68. The van der Waals surface area contributed by atoms with Crippen LogP contribution in [0.4, 0.5) is 0 Å². The molecule has 0 aliphatic carbocycles. The van der Waals surface area contributed by atoms with Gasteiger partial charge in [0.05, 0.1) is 6.61 Å². The smallest absolute Gasteiger partial charge is 0.347 e. The van der Waals surface area contributed by atoms with Crippen molar-refractivity contribution < 1.29 is 18.7 Å². The molecule has 0 saturated heterocycles. The Bertz CT molecular complexity index is 959. The zero-order valence-electron chi connectivity index (χ0n) is 14.7. The van der Waals surface area contributed by atoms with Gasteiger partial charge in [-0.3, -0.25) is 0 Å². The largest absolute Gasteiger partial charge is 0.479 e. The van der Waals surface area contributed by atoms with Gasteiger partial charge in [0.1, 0.15) is 11.3 Å². The van der Waals surface area contributed by atoms with E-state index in [4.69, 9.17) is 13.9 Å². The van der Waals surface area contributed by atoms with Crippen molar-refractivity contribution in [3.05, 3.63) is 65.0 Å². The van der Waals surface area contributed by atoms with E-state index in [9.17, 15) is 9.59 Å². The van der Waals surface area contributed by atoms with Crippen LogP contribution in [0.2, 0.25) is 0 Å². The van der Waals surface area contributed by atoms with Gasteiger partial charge in [0.15, 0.2) is 6.10 Å². The quantitative estimate of drug-likeness (QED) is 0.492. The Balaban J connectivity index is 1.92. The van der Waals surface area contributed by atoms with Gasteiger partial charge in [-0.25, -0.2) is 9.59 Å². The number of esters is 1. The highest BCUT2D eigenvalue weighted by atomic mass is 16.6. The molecule has 0 radical (unpaired) electrons. The predicted molar refractivity (Wildman–Crippen MR) is 99.3 cm³/mol. The standard InChI is InChI=1S/C21H20O5/c1-3-11-24-21(23)14(2)25-16-9-10-17-18(15-7-5-4-6-8-15)13-20(22)26-19(17)12-16/h4-10,12-14H,3,11H2,1-2H3/t14-/m0/s1. The van der Waals surface area contributed by atoms with Crippen molar-refractivity contribution in [3.8, 4) is 16.9 Å². The van der Waals surface area contributed by atoms with Gasteiger partial charge in [0.2, 0.25) is 0 Å². The molecule has 0 N–H and O–H groups in total. The number of hydrogen-bond donors (Lipinski definition) is 0. The fraction of sp³-hybridized carbons (Fsp3) is 0.238. The van der Waals surface area contributed by atoms with E-state index in [1.807, 2.05) is 43.3 Å². The second kappa shape index (κ2) is 7.87. The van der Waals surface area contributed by atoms with Gasteiger partial charge in [-0.05, 0) is 36.6 Å². The number of benzene rings is 2.